The largest absolute Gasteiger partial charge is 0.328 e. The first-order chi connectivity index (χ1) is 6.89. The molecule has 1 nitrogen and oxygen atoms in total. The van der Waals surface area contributed by atoms with E-state index in [1.165, 1.54) is 6.07 Å². The molecule has 15 heavy (non-hydrogen) atoms. The smallest absolute Gasteiger partial charge is 0.270 e. The van der Waals surface area contributed by atoms with Gasteiger partial charge >= 0.3 is 0 Å². The van der Waals surface area contributed by atoms with Crippen molar-refractivity contribution in [2.24, 2.45) is 5.73 Å². The van der Waals surface area contributed by atoms with E-state index in [-0.39, 0.29) is 11.6 Å². The first-order valence-electron chi connectivity index (χ1n) is 5.12. The Bertz CT molecular complexity index is 316. The van der Waals surface area contributed by atoms with Gasteiger partial charge in [0, 0.05) is 18.5 Å². The maximum absolute atomic E-state index is 13.0. The van der Waals surface area contributed by atoms with E-state index in [0.29, 0.717) is 0 Å². The summed E-state index contributed by atoms with van der Waals surface area (Å²) < 4.78 is 26.0. The Morgan fingerprint density at radius 2 is 2.07 bits per heavy atom. The molecule has 1 unspecified atom stereocenters. The summed E-state index contributed by atoms with van der Waals surface area (Å²) in [5.74, 6) is -2.76. The molecule has 84 valence electrons. The molecule has 0 aliphatic carbocycles. The highest BCUT2D eigenvalue weighted by Crippen LogP contribution is 2.27. The SMILES string of the molecule is CC(N)CCc1cccc(C(C)(F)F)c1. The molecule has 0 aliphatic rings. The predicted octanol–water partition coefficient (Wildman–Crippen LogP) is 3.08. The van der Waals surface area contributed by atoms with Crippen molar-refractivity contribution < 1.29 is 8.78 Å². The van der Waals surface area contributed by atoms with Crippen LogP contribution in [0.2, 0.25) is 0 Å². The minimum Gasteiger partial charge on any atom is -0.328 e. The Morgan fingerprint density at radius 1 is 1.40 bits per heavy atom. The van der Waals surface area contributed by atoms with Crippen LogP contribution in [0.15, 0.2) is 24.3 Å². The molecule has 2 N–H and O–H groups in total. The van der Waals surface area contributed by atoms with Crippen molar-refractivity contribution in [1.29, 1.82) is 0 Å². The minimum atomic E-state index is -2.76. The van der Waals surface area contributed by atoms with Gasteiger partial charge in [0.1, 0.15) is 0 Å². The molecule has 0 fully saturated rings. The van der Waals surface area contributed by atoms with Crippen LogP contribution in [-0.2, 0) is 12.3 Å². The van der Waals surface area contributed by atoms with E-state index in [4.69, 9.17) is 5.73 Å². The summed E-state index contributed by atoms with van der Waals surface area (Å²) in [4.78, 5) is 0. The minimum absolute atomic E-state index is 0.0738. The van der Waals surface area contributed by atoms with Gasteiger partial charge in [-0.15, -0.1) is 0 Å². The molecule has 0 saturated heterocycles. The highest BCUT2D eigenvalue weighted by molar-refractivity contribution is 5.26. The number of alkyl halides is 2. The number of benzene rings is 1. The fourth-order valence-electron chi connectivity index (χ4n) is 1.39. The van der Waals surface area contributed by atoms with E-state index in [1.807, 2.05) is 13.0 Å². The third kappa shape index (κ3) is 3.96. The molecule has 0 saturated carbocycles. The molecule has 1 atom stereocenters. The zero-order valence-electron chi connectivity index (χ0n) is 9.13. The third-order valence-electron chi connectivity index (χ3n) is 2.32. The summed E-state index contributed by atoms with van der Waals surface area (Å²) in [5, 5.41) is 0. The lowest BCUT2D eigenvalue weighted by Gasteiger charge is -2.12. The fourth-order valence-corrected chi connectivity index (χ4v) is 1.39. The van der Waals surface area contributed by atoms with E-state index >= 15 is 0 Å². The molecule has 0 spiro atoms. The molecule has 0 aliphatic heterocycles. The van der Waals surface area contributed by atoms with Crippen molar-refractivity contribution >= 4 is 0 Å². The van der Waals surface area contributed by atoms with Crippen LogP contribution in [0.3, 0.4) is 0 Å². The van der Waals surface area contributed by atoms with Crippen molar-refractivity contribution in [3.8, 4) is 0 Å². The zero-order chi connectivity index (χ0) is 11.5. The Labute approximate surface area is 89.3 Å². The monoisotopic (exact) mass is 213 g/mol. The molecule has 3 heteroatoms. The van der Waals surface area contributed by atoms with Crippen LogP contribution in [0.4, 0.5) is 8.78 Å². The zero-order valence-corrected chi connectivity index (χ0v) is 9.13. The molecule has 1 aromatic rings. The average Bonchev–Trinajstić information content (AvgIpc) is 2.14. The normalized spacial score (nSPS) is 13.9. The number of hydrogen-bond donors (Lipinski definition) is 1. The number of halogens is 2. The second-order valence-corrected chi connectivity index (χ2v) is 4.10. The first kappa shape index (κ1) is 12.1. The molecule has 0 amide bonds. The van der Waals surface area contributed by atoms with Gasteiger partial charge in [0.15, 0.2) is 0 Å². The molecular weight excluding hydrogens is 196 g/mol. The van der Waals surface area contributed by atoms with E-state index in [2.05, 4.69) is 0 Å². The molecule has 0 bridgehead atoms. The van der Waals surface area contributed by atoms with E-state index < -0.39 is 5.92 Å². The maximum atomic E-state index is 13.0. The molecule has 1 aromatic carbocycles. The van der Waals surface area contributed by atoms with Gasteiger partial charge in [-0.05, 0) is 31.4 Å². The van der Waals surface area contributed by atoms with E-state index in [9.17, 15) is 8.78 Å². The number of aryl methyl sites for hydroxylation is 1. The van der Waals surface area contributed by atoms with Crippen molar-refractivity contribution in [2.45, 2.75) is 38.7 Å². The van der Waals surface area contributed by atoms with Crippen LogP contribution < -0.4 is 5.73 Å². The molecule has 0 heterocycles. The Hall–Kier alpha value is -0.960. The van der Waals surface area contributed by atoms with Gasteiger partial charge in [-0.1, -0.05) is 18.2 Å². The van der Waals surface area contributed by atoms with Crippen LogP contribution >= 0.6 is 0 Å². The Kier molecular flexibility index (Phi) is 3.80. The predicted molar refractivity (Wildman–Crippen MR) is 58.0 cm³/mol. The third-order valence-corrected chi connectivity index (χ3v) is 2.32. The standard InChI is InChI=1S/C12H17F2N/c1-9(15)6-7-10-4-3-5-11(8-10)12(2,13)14/h3-5,8-9H,6-7,15H2,1-2H3. The summed E-state index contributed by atoms with van der Waals surface area (Å²) in [5.41, 5.74) is 6.61. The van der Waals surface area contributed by atoms with Gasteiger partial charge in [0.2, 0.25) is 0 Å². The highest BCUT2D eigenvalue weighted by Gasteiger charge is 2.23. The van der Waals surface area contributed by atoms with Crippen LogP contribution in [0.25, 0.3) is 0 Å². The van der Waals surface area contributed by atoms with Gasteiger partial charge in [0.25, 0.3) is 5.92 Å². The second-order valence-electron chi connectivity index (χ2n) is 4.10. The molecule has 1 rings (SSSR count). The fraction of sp³-hybridized carbons (Fsp3) is 0.500. The van der Waals surface area contributed by atoms with Crippen molar-refractivity contribution in [2.75, 3.05) is 0 Å². The van der Waals surface area contributed by atoms with Gasteiger partial charge in [-0.25, -0.2) is 8.78 Å². The molecular formula is C12H17F2N. The quantitative estimate of drug-likeness (QED) is 0.817. The van der Waals surface area contributed by atoms with Crippen LogP contribution in [-0.4, -0.2) is 6.04 Å². The van der Waals surface area contributed by atoms with Crippen molar-refractivity contribution in [3.05, 3.63) is 35.4 Å². The van der Waals surface area contributed by atoms with E-state index in [1.54, 1.807) is 12.1 Å². The van der Waals surface area contributed by atoms with Crippen LogP contribution in [0, 0.1) is 0 Å². The number of rotatable bonds is 4. The lowest BCUT2D eigenvalue weighted by Crippen LogP contribution is -2.15. The lowest BCUT2D eigenvalue weighted by atomic mass is 10.0. The number of hydrogen-bond acceptors (Lipinski definition) is 1. The molecule has 0 aromatic heterocycles. The van der Waals surface area contributed by atoms with Crippen LogP contribution in [0.5, 0.6) is 0 Å². The van der Waals surface area contributed by atoms with Gasteiger partial charge in [0.05, 0.1) is 0 Å². The lowest BCUT2D eigenvalue weighted by molar-refractivity contribution is 0.0174. The molecule has 0 radical (unpaired) electrons. The second kappa shape index (κ2) is 4.71. The summed E-state index contributed by atoms with van der Waals surface area (Å²) in [6.07, 6.45) is 1.57. The Balaban J connectivity index is 2.75. The topological polar surface area (TPSA) is 26.0 Å². The van der Waals surface area contributed by atoms with Crippen molar-refractivity contribution in [3.63, 3.8) is 0 Å². The number of nitrogens with two attached hydrogens (primary N) is 1. The van der Waals surface area contributed by atoms with Gasteiger partial charge < -0.3 is 5.73 Å². The van der Waals surface area contributed by atoms with Crippen molar-refractivity contribution in [1.82, 2.24) is 0 Å². The summed E-state index contributed by atoms with van der Waals surface area (Å²) >= 11 is 0. The summed E-state index contributed by atoms with van der Waals surface area (Å²) in [6.45, 7) is 2.83. The first-order valence-corrected chi connectivity index (χ1v) is 5.12. The van der Waals surface area contributed by atoms with Crippen LogP contribution in [0.1, 0.15) is 31.4 Å². The van der Waals surface area contributed by atoms with Gasteiger partial charge in [-0.3, -0.25) is 0 Å². The summed E-state index contributed by atoms with van der Waals surface area (Å²) in [7, 11) is 0. The van der Waals surface area contributed by atoms with E-state index in [0.717, 1.165) is 25.3 Å². The Morgan fingerprint density at radius 3 is 2.60 bits per heavy atom. The average molecular weight is 213 g/mol. The summed E-state index contributed by atoms with van der Waals surface area (Å²) in [6, 6.07) is 6.65. The van der Waals surface area contributed by atoms with Gasteiger partial charge in [-0.2, -0.15) is 0 Å². The maximum Gasteiger partial charge on any atom is 0.270 e. The highest BCUT2D eigenvalue weighted by atomic mass is 19.3.